The largest absolute Gasteiger partial charge is 0.496 e. The summed E-state index contributed by atoms with van der Waals surface area (Å²) in [6.07, 6.45) is 0.214. The van der Waals surface area contributed by atoms with Gasteiger partial charge in [0.2, 0.25) is 0 Å². The second kappa shape index (κ2) is 7.14. The fourth-order valence-corrected chi connectivity index (χ4v) is 2.31. The smallest absolute Gasteiger partial charge is 0.303 e. The Kier molecular flexibility index (Phi) is 5.83. The first-order chi connectivity index (χ1) is 8.92. The standard InChI is InChI=1S/C15H23NO3/c1-11(7-15(17)18)9-16(3)10-13-5-6-14(19-4)12(2)8-13/h5-6,8,11H,7,9-10H2,1-4H3,(H,17,18). The third kappa shape index (κ3) is 5.30. The molecule has 0 amide bonds. The number of methoxy groups -OCH3 is 1. The zero-order valence-electron chi connectivity index (χ0n) is 12.1. The van der Waals surface area contributed by atoms with E-state index in [1.54, 1.807) is 7.11 Å². The molecule has 0 bridgehead atoms. The van der Waals surface area contributed by atoms with Crippen molar-refractivity contribution >= 4 is 5.97 Å². The predicted molar refractivity (Wildman–Crippen MR) is 75.5 cm³/mol. The molecule has 0 aliphatic carbocycles. The molecule has 0 aromatic heterocycles. The highest BCUT2D eigenvalue weighted by molar-refractivity contribution is 5.66. The van der Waals surface area contributed by atoms with Crippen LogP contribution in [0.1, 0.15) is 24.5 Å². The molecule has 1 aromatic rings. The van der Waals surface area contributed by atoms with Gasteiger partial charge in [-0.2, -0.15) is 0 Å². The first-order valence-corrected chi connectivity index (χ1v) is 6.46. The minimum Gasteiger partial charge on any atom is -0.496 e. The van der Waals surface area contributed by atoms with Crippen molar-refractivity contribution in [2.24, 2.45) is 5.92 Å². The number of carbonyl (C=O) groups is 1. The maximum Gasteiger partial charge on any atom is 0.303 e. The summed E-state index contributed by atoms with van der Waals surface area (Å²) in [5, 5.41) is 8.75. The second-order valence-corrected chi connectivity index (χ2v) is 5.20. The Morgan fingerprint density at radius 2 is 2.16 bits per heavy atom. The van der Waals surface area contributed by atoms with Gasteiger partial charge >= 0.3 is 5.97 Å². The predicted octanol–water partition coefficient (Wildman–Crippen LogP) is 2.55. The van der Waals surface area contributed by atoms with Gasteiger partial charge in [0.1, 0.15) is 5.75 Å². The quantitative estimate of drug-likeness (QED) is 0.823. The Bertz CT molecular complexity index is 431. The van der Waals surface area contributed by atoms with Crippen LogP contribution in [0.2, 0.25) is 0 Å². The molecular weight excluding hydrogens is 242 g/mol. The summed E-state index contributed by atoms with van der Waals surface area (Å²) >= 11 is 0. The highest BCUT2D eigenvalue weighted by Gasteiger charge is 2.11. The van der Waals surface area contributed by atoms with E-state index in [1.807, 2.05) is 33.0 Å². The van der Waals surface area contributed by atoms with Crippen LogP contribution in [0.15, 0.2) is 18.2 Å². The van der Waals surface area contributed by atoms with Crippen molar-refractivity contribution < 1.29 is 14.6 Å². The van der Waals surface area contributed by atoms with Crippen LogP contribution in [0, 0.1) is 12.8 Å². The lowest BCUT2D eigenvalue weighted by Gasteiger charge is -2.20. The molecule has 106 valence electrons. The van der Waals surface area contributed by atoms with Gasteiger partial charge in [-0.25, -0.2) is 0 Å². The zero-order valence-corrected chi connectivity index (χ0v) is 12.1. The van der Waals surface area contributed by atoms with Crippen LogP contribution in [-0.2, 0) is 11.3 Å². The molecular formula is C15H23NO3. The lowest BCUT2D eigenvalue weighted by atomic mass is 10.1. The Balaban J connectivity index is 2.54. The van der Waals surface area contributed by atoms with E-state index >= 15 is 0 Å². The maximum absolute atomic E-state index is 10.6. The molecule has 0 spiro atoms. The van der Waals surface area contributed by atoms with E-state index in [0.717, 1.165) is 24.4 Å². The van der Waals surface area contributed by atoms with Gasteiger partial charge in [0.25, 0.3) is 0 Å². The van der Waals surface area contributed by atoms with Gasteiger partial charge in [-0.3, -0.25) is 4.79 Å². The van der Waals surface area contributed by atoms with E-state index in [2.05, 4.69) is 11.0 Å². The fraction of sp³-hybridized carbons (Fsp3) is 0.533. The van der Waals surface area contributed by atoms with E-state index < -0.39 is 5.97 Å². The molecule has 1 atom stereocenters. The molecule has 0 saturated carbocycles. The highest BCUT2D eigenvalue weighted by atomic mass is 16.5. The van der Waals surface area contributed by atoms with Crippen LogP contribution in [-0.4, -0.2) is 36.7 Å². The summed E-state index contributed by atoms with van der Waals surface area (Å²) < 4.78 is 5.23. The van der Waals surface area contributed by atoms with Gasteiger partial charge in [-0.05, 0) is 37.1 Å². The van der Waals surface area contributed by atoms with E-state index in [4.69, 9.17) is 9.84 Å². The Morgan fingerprint density at radius 3 is 2.68 bits per heavy atom. The van der Waals surface area contributed by atoms with Crippen LogP contribution in [0.25, 0.3) is 0 Å². The number of nitrogens with zero attached hydrogens (tertiary/aromatic N) is 1. The molecule has 0 saturated heterocycles. The third-order valence-electron chi connectivity index (χ3n) is 3.06. The fourth-order valence-electron chi connectivity index (χ4n) is 2.31. The monoisotopic (exact) mass is 265 g/mol. The first kappa shape index (κ1) is 15.5. The van der Waals surface area contributed by atoms with E-state index in [1.165, 1.54) is 5.56 Å². The molecule has 4 nitrogen and oxygen atoms in total. The average Bonchev–Trinajstić information content (AvgIpc) is 2.27. The average molecular weight is 265 g/mol. The lowest BCUT2D eigenvalue weighted by molar-refractivity contribution is -0.138. The highest BCUT2D eigenvalue weighted by Crippen LogP contribution is 2.19. The van der Waals surface area contributed by atoms with Gasteiger partial charge in [0.15, 0.2) is 0 Å². The van der Waals surface area contributed by atoms with Crippen molar-refractivity contribution in [2.75, 3.05) is 20.7 Å². The van der Waals surface area contributed by atoms with E-state index in [-0.39, 0.29) is 12.3 Å². The van der Waals surface area contributed by atoms with Crippen molar-refractivity contribution in [1.29, 1.82) is 0 Å². The zero-order chi connectivity index (χ0) is 14.4. The molecule has 0 heterocycles. The molecule has 1 aromatic carbocycles. The normalized spacial score (nSPS) is 12.5. The Labute approximate surface area is 115 Å². The van der Waals surface area contributed by atoms with Gasteiger partial charge < -0.3 is 14.7 Å². The van der Waals surface area contributed by atoms with Crippen molar-refractivity contribution in [1.82, 2.24) is 4.90 Å². The van der Waals surface area contributed by atoms with Gasteiger partial charge in [-0.1, -0.05) is 19.1 Å². The molecule has 0 aliphatic rings. The number of hydrogen-bond donors (Lipinski definition) is 1. The second-order valence-electron chi connectivity index (χ2n) is 5.20. The number of hydrogen-bond acceptors (Lipinski definition) is 3. The number of carboxylic acid groups (broad SMARTS) is 1. The molecule has 0 aliphatic heterocycles. The van der Waals surface area contributed by atoms with Crippen LogP contribution in [0.4, 0.5) is 0 Å². The van der Waals surface area contributed by atoms with Crippen molar-refractivity contribution in [3.8, 4) is 5.75 Å². The van der Waals surface area contributed by atoms with Gasteiger partial charge in [0.05, 0.1) is 7.11 Å². The summed E-state index contributed by atoms with van der Waals surface area (Å²) in [5.41, 5.74) is 2.33. The summed E-state index contributed by atoms with van der Waals surface area (Å²) in [7, 11) is 3.68. The van der Waals surface area contributed by atoms with E-state index in [0.29, 0.717) is 0 Å². The molecule has 1 N–H and O–H groups in total. The number of aliphatic carboxylic acids is 1. The summed E-state index contributed by atoms with van der Waals surface area (Å²) in [6.45, 7) is 5.57. The number of ether oxygens (including phenoxy) is 1. The third-order valence-corrected chi connectivity index (χ3v) is 3.06. The van der Waals surface area contributed by atoms with Gasteiger partial charge in [-0.15, -0.1) is 0 Å². The molecule has 0 radical (unpaired) electrons. The van der Waals surface area contributed by atoms with Crippen LogP contribution < -0.4 is 4.74 Å². The molecule has 4 heteroatoms. The van der Waals surface area contributed by atoms with Crippen molar-refractivity contribution in [2.45, 2.75) is 26.8 Å². The minimum atomic E-state index is -0.735. The minimum absolute atomic E-state index is 0.154. The van der Waals surface area contributed by atoms with Crippen molar-refractivity contribution in [3.63, 3.8) is 0 Å². The summed E-state index contributed by atoms with van der Waals surface area (Å²) in [6, 6.07) is 6.13. The molecule has 0 fully saturated rings. The molecule has 1 rings (SSSR count). The van der Waals surface area contributed by atoms with Crippen LogP contribution in [0.5, 0.6) is 5.75 Å². The number of benzene rings is 1. The topological polar surface area (TPSA) is 49.8 Å². The van der Waals surface area contributed by atoms with Crippen LogP contribution >= 0.6 is 0 Å². The first-order valence-electron chi connectivity index (χ1n) is 6.46. The van der Waals surface area contributed by atoms with Crippen molar-refractivity contribution in [3.05, 3.63) is 29.3 Å². The Morgan fingerprint density at radius 1 is 1.47 bits per heavy atom. The molecule has 1 unspecified atom stereocenters. The van der Waals surface area contributed by atoms with E-state index in [9.17, 15) is 4.79 Å². The number of carboxylic acids is 1. The lowest BCUT2D eigenvalue weighted by Crippen LogP contribution is -2.25. The maximum atomic E-state index is 10.6. The van der Waals surface area contributed by atoms with Crippen LogP contribution in [0.3, 0.4) is 0 Å². The summed E-state index contributed by atoms with van der Waals surface area (Å²) in [4.78, 5) is 12.8. The number of rotatable bonds is 7. The summed E-state index contributed by atoms with van der Waals surface area (Å²) in [5.74, 6) is 0.314. The Hall–Kier alpha value is -1.55. The SMILES string of the molecule is COc1ccc(CN(C)CC(C)CC(=O)O)cc1C. The molecule has 19 heavy (non-hydrogen) atoms. The number of aryl methyl sites for hydroxylation is 1. The van der Waals surface area contributed by atoms with Gasteiger partial charge in [0, 0.05) is 19.5 Å².